The minimum absolute atomic E-state index is 0.203. The lowest BCUT2D eigenvalue weighted by molar-refractivity contribution is 0.152. The van der Waals surface area contributed by atoms with E-state index in [-0.39, 0.29) is 4.75 Å². The van der Waals surface area contributed by atoms with Gasteiger partial charge in [0, 0.05) is 47.3 Å². The van der Waals surface area contributed by atoms with E-state index >= 15 is 0 Å². The van der Waals surface area contributed by atoms with Crippen LogP contribution in [0.2, 0.25) is 0 Å². The van der Waals surface area contributed by atoms with Gasteiger partial charge in [0.25, 0.3) is 0 Å². The van der Waals surface area contributed by atoms with Crippen molar-refractivity contribution in [2.75, 3.05) is 35.8 Å². The van der Waals surface area contributed by atoms with Gasteiger partial charge in [-0.05, 0) is 25.0 Å². The van der Waals surface area contributed by atoms with Gasteiger partial charge in [-0.15, -0.1) is 11.8 Å². The van der Waals surface area contributed by atoms with Gasteiger partial charge in [0.05, 0.1) is 10.5 Å². The molecule has 2 aromatic carbocycles. The lowest BCUT2D eigenvalue weighted by atomic mass is 10.1. The number of benzene rings is 2. The van der Waals surface area contributed by atoms with Crippen molar-refractivity contribution < 1.29 is 9.63 Å². The minimum atomic E-state index is -0.532. The average molecular weight is 523 g/mol. The predicted octanol–water partition coefficient (Wildman–Crippen LogP) is 6.81. The van der Waals surface area contributed by atoms with Crippen LogP contribution in [0.1, 0.15) is 25.0 Å². The van der Waals surface area contributed by atoms with Crippen LogP contribution in [0, 0.1) is 0 Å². The van der Waals surface area contributed by atoms with Crippen LogP contribution in [-0.4, -0.2) is 52.4 Å². The molecule has 2 rings (SSSR count). The number of hydrogen-bond acceptors (Lipinski definition) is 7. The molecule has 1 amide bonds. The largest absolute Gasteiger partial charge is 0.433 e. The van der Waals surface area contributed by atoms with Gasteiger partial charge in [0.2, 0.25) is 0 Å². The molecule has 0 bridgehead atoms. The summed E-state index contributed by atoms with van der Waals surface area (Å²) in [6.07, 6.45) is -0.532. The van der Waals surface area contributed by atoms with Crippen molar-refractivity contribution in [2.24, 2.45) is 5.16 Å². The molecule has 0 fully saturated rings. The van der Waals surface area contributed by atoms with E-state index in [1.807, 2.05) is 59.2 Å². The smallest absolute Gasteiger partial charge is 0.323 e. The van der Waals surface area contributed by atoms with Crippen LogP contribution in [-0.2, 0) is 16.3 Å². The van der Waals surface area contributed by atoms with Gasteiger partial charge in [0.1, 0.15) is 0 Å². The Hall–Kier alpha value is -1.22. The molecule has 0 saturated carbocycles. The molecule has 0 aliphatic carbocycles. The maximum absolute atomic E-state index is 11.6. The van der Waals surface area contributed by atoms with E-state index in [2.05, 4.69) is 72.9 Å². The van der Waals surface area contributed by atoms with E-state index in [0.29, 0.717) is 0 Å². The first-order valence-electron chi connectivity index (χ1n) is 10.9. The molecule has 0 aliphatic rings. The van der Waals surface area contributed by atoms with Crippen LogP contribution in [0.5, 0.6) is 0 Å². The Morgan fingerprint density at radius 2 is 1.36 bits per heavy atom. The Morgan fingerprint density at radius 3 is 1.91 bits per heavy atom. The van der Waals surface area contributed by atoms with Crippen LogP contribution < -0.4 is 5.32 Å². The molecule has 33 heavy (non-hydrogen) atoms. The van der Waals surface area contributed by atoms with E-state index in [9.17, 15) is 4.79 Å². The summed E-state index contributed by atoms with van der Waals surface area (Å²) in [6, 6.07) is 21.1. The third kappa shape index (κ3) is 12.2. The summed E-state index contributed by atoms with van der Waals surface area (Å²) in [5.74, 6) is 7.00. The molecular weight excluding hydrogens is 489 g/mol. The number of hydrogen-bond donors (Lipinski definition) is 1. The van der Waals surface area contributed by atoms with Gasteiger partial charge in [0.15, 0.2) is 0 Å². The standard InChI is InChI=1S/C25H34N2O2S4/c1-25(2,33-17-16-31-19-22-12-8-5-9-13-22)23(27-29-24(28)26-3)20-32-15-14-30-18-21-10-6-4-7-11-21/h4-13H,14-20H2,1-3H3,(H,26,28). The maximum atomic E-state index is 11.6. The fourth-order valence-electron chi connectivity index (χ4n) is 2.71. The fraction of sp³-hybridized carbons (Fsp3) is 0.440. The Bertz CT molecular complexity index is 833. The van der Waals surface area contributed by atoms with E-state index in [0.717, 1.165) is 46.0 Å². The number of rotatable bonds is 15. The van der Waals surface area contributed by atoms with Gasteiger partial charge in [-0.2, -0.15) is 35.3 Å². The van der Waals surface area contributed by atoms with Gasteiger partial charge < -0.3 is 5.32 Å². The molecule has 0 spiro atoms. The first kappa shape index (κ1) is 28.0. The number of amides is 1. The van der Waals surface area contributed by atoms with Gasteiger partial charge >= 0.3 is 6.09 Å². The summed E-state index contributed by atoms with van der Waals surface area (Å²) in [6.45, 7) is 4.33. The highest BCUT2D eigenvalue weighted by Crippen LogP contribution is 2.29. The van der Waals surface area contributed by atoms with Crippen molar-refractivity contribution in [3.8, 4) is 0 Å². The van der Waals surface area contributed by atoms with Crippen molar-refractivity contribution >= 4 is 58.9 Å². The lowest BCUT2D eigenvalue weighted by Crippen LogP contribution is -2.32. The van der Waals surface area contributed by atoms with E-state index in [1.54, 1.807) is 7.05 Å². The Morgan fingerprint density at radius 1 is 0.848 bits per heavy atom. The molecule has 180 valence electrons. The van der Waals surface area contributed by atoms with Gasteiger partial charge in [-0.25, -0.2) is 4.79 Å². The monoisotopic (exact) mass is 522 g/mol. The summed E-state index contributed by atoms with van der Waals surface area (Å²) in [5.41, 5.74) is 3.62. The predicted molar refractivity (Wildman–Crippen MR) is 152 cm³/mol. The molecule has 0 radical (unpaired) electrons. The highest BCUT2D eigenvalue weighted by atomic mass is 32.2. The second-order valence-electron chi connectivity index (χ2n) is 7.65. The van der Waals surface area contributed by atoms with E-state index in [1.165, 1.54) is 11.1 Å². The maximum Gasteiger partial charge on any atom is 0.433 e. The summed E-state index contributed by atoms with van der Waals surface area (Å²) in [5, 5.41) is 6.69. The lowest BCUT2D eigenvalue weighted by Gasteiger charge is -2.25. The zero-order valence-corrected chi connectivity index (χ0v) is 22.9. The molecule has 1 N–H and O–H groups in total. The molecule has 0 atom stereocenters. The third-order valence-corrected chi connectivity index (χ3v) is 9.58. The molecule has 0 aliphatic heterocycles. The Balaban J connectivity index is 1.75. The first-order valence-corrected chi connectivity index (χ1v) is 15.4. The number of oxime groups is 1. The zero-order chi connectivity index (χ0) is 23.8. The quantitative estimate of drug-likeness (QED) is 0.120. The van der Waals surface area contributed by atoms with Gasteiger partial charge in [-0.3, -0.25) is 4.84 Å². The molecular formula is C25H34N2O2S4. The van der Waals surface area contributed by atoms with Crippen LogP contribution in [0.15, 0.2) is 65.8 Å². The van der Waals surface area contributed by atoms with Crippen LogP contribution >= 0.6 is 47.0 Å². The molecule has 0 saturated heterocycles. The fourth-order valence-corrected chi connectivity index (χ4v) is 7.23. The summed E-state index contributed by atoms with van der Waals surface area (Å²) in [4.78, 5) is 16.6. The summed E-state index contributed by atoms with van der Waals surface area (Å²) < 4.78 is -0.203. The second-order valence-corrected chi connectivity index (χ2v) is 12.7. The Kier molecular flexibility index (Phi) is 13.9. The molecule has 2 aromatic rings. The van der Waals surface area contributed by atoms with Crippen molar-refractivity contribution in [3.63, 3.8) is 0 Å². The number of thioether (sulfide) groups is 4. The first-order chi connectivity index (χ1) is 16.0. The molecule has 4 nitrogen and oxygen atoms in total. The summed E-state index contributed by atoms with van der Waals surface area (Å²) in [7, 11) is 1.54. The number of carbonyl (C=O) groups is 1. The minimum Gasteiger partial charge on any atom is -0.323 e. The highest BCUT2D eigenvalue weighted by molar-refractivity contribution is 8.04. The topological polar surface area (TPSA) is 50.7 Å². The normalized spacial score (nSPS) is 11.9. The second kappa shape index (κ2) is 16.4. The molecule has 0 unspecified atom stereocenters. The van der Waals surface area contributed by atoms with Crippen molar-refractivity contribution in [1.29, 1.82) is 0 Å². The molecule has 0 heterocycles. The van der Waals surface area contributed by atoms with E-state index in [4.69, 9.17) is 4.84 Å². The number of nitrogens with one attached hydrogen (secondary N) is 1. The van der Waals surface area contributed by atoms with Gasteiger partial charge in [-0.1, -0.05) is 65.8 Å². The SMILES string of the molecule is CNC(=O)ON=C(CSCCSCc1ccccc1)C(C)(C)SCCSCc1ccccc1. The average Bonchev–Trinajstić information content (AvgIpc) is 2.83. The highest BCUT2D eigenvalue weighted by Gasteiger charge is 2.26. The van der Waals surface area contributed by atoms with E-state index < -0.39 is 6.09 Å². The van der Waals surface area contributed by atoms with Crippen LogP contribution in [0.3, 0.4) is 0 Å². The van der Waals surface area contributed by atoms with Crippen LogP contribution in [0.4, 0.5) is 4.79 Å². The number of carbonyl (C=O) groups excluding carboxylic acids is 1. The van der Waals surface area contributed by atoms with Crippen molar-refractivity contribution in [2.45, 2.75) is 30.1 Å². The van der Waals surface area contributed by atoms with Crippen molar-refractivity contribution in [1.82, 2.24) is 5.32 Å². The molecule has 0 aromatic heterocycles. The Labute approximate surface area is 215 Å². The zero-order valence-electron chi connectivity index (χ0n) is 19.6. The summed E-state index contributed by atoms with van der Waals surface area (Å²) >= 11 is 7.59. The molecule has 8 heteroatoms. The third-order valence-electron chi connectivity index (χ3n) is 4.66. The van der Waals surface area contributed by atoms with Crippen LogP contribution in [0.25, 0.3) is 0 Å². The number of nitrogens with zero attached hydrogens (tertiary/aromatic N) is 1. The van der Waals surface area contributed by atoms with Crippen molar-refractivity contribution in [3.05, 3.63) is 71.8 Å².